The Morgan fingerprint density at radius 2 is 1.83 bits per heavy atom. The molecule has 0 saturated carbocycles. The number of hydrogen-bond acceptors (Lipinski definition) is 3. The number of thioether (sulfide) groups is 1. The molecule has 134 valence electrons. The van der Waals surface area contributed by atoms with Crippen molar-refractivity contribution >= 4 is 30.1 Å². The van der Waals surface area contributed by atoms with Crippen LogP contribution in [0.15, 0.2) is 35.2 Å². The number of likely N-dealkylation sites (tertiary alicyclic amines) is 1. The summed E-state index contributed by atoms with van der Waals surface area (Å²) >= 11 is 1.72. The first-order chi connectivity index (χ1) is 11.1. The molecule has 24 heavy (non-hydrogen) atoms. The minimum absolute atomic E-state index is 0. The number of amides is 1. The van der Waals surface area contributed by atoms with Gasteiger partial charge in [-0.25, -0.2) is 0 Å². The van der Waals surface area contributed by atoms with Gasteiger partial charge in [0.25, 0.3) is 0 Å². The molecule has 1 N–H and O–H groups in total. The monoisotopic (exact) mass is 368 g/mol. The zero-order chi connectivity index (χ0) is 16.3. The molecular formula is C19H29ClN2OS. The molecular weight excluding hydrogens is 340 g/mol. The van der Waals surface area contributed by atoms with Crippen molar-refractivity contribution in [2.75, 3.05) is 26.2 Å². The van der Waals surface area contributed by atoms with E-state index in [0.717, 1.165) is 39.0 Å². The maximum atomic E-state index is 13.0. The highest BCUT2D eigenvalue weighted by Crippen LogP contribution is 2.38. The second-order valence-electron chi connectivity index (χ2n) is 7.35. The molecule has 0 radical (unpaired) electrons. The number of hydrogen-bond donors (Lipinski definition) is 1. The average molecular weight is 369 g/mol. The van der Waals surface area contributed by atoms with Gasteiger partial charge in [0.1, 0.15) is 0 Å². The summed E-state index contributed by atoms with van der Waals surface area (Å²) in [5, 5.41) is 3.51. The van der Waals surface area contributed by atoms with E-state index in [0.29, 0.717) is 17.2 Å². The zero-order valence-corrected chi connectivity index (χ0v) is 16.3. The van der Waals surface area contributed by atoms with Crippen molar-refractivity contribution in [3.05, 3.63) is 30.3 Å². The number of carbonyl (C=O) groups excluding carboxylic acids is 1. The molecule has 2 fully saturated rings. The summed E-state index contributed by atoms with van der Waals surface area (Å²) in [6, 6.07) is 10.3. The van der Waals surface area contributed by atoms with E-state index in [4.69, 9.17) is 0 Å². The molecule has 2 aliphatic rings. The van der Waals surface area contributed by atoms with Gasteiger partial charge in [-0.3, -0.25) is 4.79 Å². The highest BCUT2D eigenvalue weighted by Gasteiger charge is 2.39. The Kier molecular flexibility index (Phi) is 7.02. The minimum Gasteiger partial charge on any atom is -0.342 e. The number of halogens is 1. The lowest BCUT2D eigenvalue weighted by molar-refractivity contribution is -0.133. The van der Waals surface area contributed by atoms with E-state index in [1.807, 2.05) is 18.2 Å². The Balaban J connectivity index is 0.00000208. The van der Waals surface area contributed by atoms with Gasteiger partial charge >= 0.3 is 0 Å². The molecule has 1 atom stereocenters. The fourth-order valence-corrected chi connectivity index (χ4v) is 4.85. The molecule has 0 aromatic heterocycles. The second-order valence-corrected chi connectivity index (χ2v) is 8.56. The van der Waals surface area contributed by atoms with E-state index in [2.05, 4.69) is 36.2 Å². The zero-order valence-electron chi connectivity index (χ0n) is 14.7. The standard InChI is InChI=1S/C19H28N2OS.ClH/c1-15(2)17(23-16-6-4-3-5-7-16)18(22)21-12-9-19(10-13-21)8-11-20-14-19;/h3-7,15,17,20H,8-14H2,1-2H3;1H. The number of rotatable bonds is 4. The number of piperidine rings is 1. The molecule has 5 heteroatoms. The number of nitrogens with one attached hydrogen (secondary N) is 1. The van der Waals surface area contributed by atoms with Crippen molar-refractivity contribution in [2.24, 2.45) is 11.3 Å². The van der Waals surface area contributed by atoms with E-state index < -0.39 is 0 Å². The van der Waals surface area contributed by atoms with Crippen LogP contribution in [0.2, 0.25) is 0 Å². The predicted molar refractivity (Wildman–Crippen MR) is 104 cm³/mol. The predicted octanol–water partition coefficient (Wildman–Crippen LogP) is 3.83. The molecule has 0 aliphatic carbocycles. The lowest BCUT2D eigenvalue weighted by Gasteiger charge is -2.40. The molecule has 1 amide bonds. The quantitative estimate of drug-likeness (QED) is 0.820. The van der Waals surface area contributed by atoms with Crippen LogP contribution in [0.4, 0.5) is 0 Å². The molecule has 2 saturated heterocycles. The molecule has 2 heterocycles. The van der Waals surface area contributed by atoms with Gasteiger partial charge in [0.2, 0.25) is 5.91 Å². The lowest BCUT2D eigenvalue weighted by Crippen LogP contribution is -2.47. The van der Waals surface area contributed by atoms with Crippen molar-refractivity contribution in [3.63, 3.8) is 0 Å². The van der Waals surface area contributed by atoms with Crippen LogP contribution in [0.1, 0.15) is 33.1 Å². The number of nitrogens with zero attached hydrogens (tertiary/aromatic N) is 1. The van der Waals surface area contributed by atoms with Crippen LogP contribution in [0.3, 0.4) is 0 Å². The molecule has 3 rings (SSSR count). The highest BCUT2D eigenvalue weighted by molar-refractivity contribution is 8.00. The van der Waals surface area contributed by atoms with Crippen LogP contribution in [0.25, 0.3) is 0 Å². The van der Waals surface area contributed by atoms with Gasteiger partial charge in [-0.2, -0.15) is 0 Å². The average Bonchev–Trinajstić information content (AvgIpc) is 3.01. The van der Waals surface area contributed by atoms with Gasteiger partial charge in [-0.05, 0) is 49.3 Å². The summed E-state index contributed by atoms with van der Waals surface area (Å²) < 4.78 is 0. The van der Waals surface area contributed by atoms with Crippen LogP contribution >= 0.6 is 24.2 Å². The van der Waals surface area contributed by atoms with Gasteiger partial charge in [-0.15, -0.1) is 24.2 Å². The van der Waals surface area contributed by atoms with Crippen molar-refractivity contribution < 1.29 is 4.79 Å². The van der Waals surface area contributed by atoms with E-state index >= 15 is 0 Å². The summed E-state index contributed by atoms with van der Waals surface area (Å²) in [7, 11) is 0. The second kappa shape index (κ2) is 8.59. The fourth-order valence-electron chi connectivity index (χ4n) is 3.72. The largest absolute Gasteiger partial charge is 0.342 e. The lowest BCUT2D eigenvalue weighted by atomic mass is 9.78. The summed E-state index contributed by atoms with van der Waals surface area (Å²) in [4.78, 5) is 16.3. The van der Waals surface area contributed by atoms with Crippen molar-refractivity contribution in [1.29, 1.82) is 0 Å². The first-order valence-electron chi connectivity index (χ1n) is 8.81. The van der Waals surface area contributed by atoms with Crippen molar-refractivity contribution in [3.8, 4) is 0 Å². The number of carbonyl (C=O) groups is 1. The first-order valence-corrected chi connectivity index (χ1v) is 9.69. The van der Waals surface area contributed by atoms with Gasteiger partial charge in [0.15, 0.2) is 0 Å². The third kappa shape index (κ3) is 4.47. The van der Waals surface area contributed by atoms with Crippen LogP contribution in [0, 0.1) is 11.3 Å². The molecule has 1 spiro atoms. The van der Waals surface area contributed by atoms with Gasteiger partial charge in [0, 0.05) is 24.5 Å². The van der Waals surface area contributed by atoms with E-state index in [-0.39, 0.29) is 17.7 Å². The van der Waals surface area contributed by atoms with Crippen LogP contribution in [-0.4, -0.2) is 42.2 Å². The van der Waals surface area contributed by atoms with Crippen LogP contribution in [-0.2, 0) is 4.79 Å². The van der Waals surface area contributed by atoms with Crippen molar-refractivity contribution in [2.45, 2.75) is 43.3 Å². The number of benzene rings is 1. The SMILES string of the molecule is CC(C)C(Sc1ccccc1)C(=O)N1CCC2(CCNC2)CC1.Cl. The Morgan fingerprint density at radius 1 is 1.17 bits per heavy atom. The highest BCUT2D eigenvalue weighted by atomic mass is 35.5. The topological polar surface area (TPSA) is 32.3 Å². The van der Waals surface area contributed by atoms with Gasteiger partial charge in [-0.1, -0.05) is 32.0 Å². The van der Waals surface area contributed by atoms with Crippen LogP contribution < -0.4 is 5.32 Å². The Morgan fingerprint density at radius 3 is 2.38 bits per heavy atom. The summed E-state index contributed by atoms with van der Waals surface area (Å²) in [6.07, 6.45) is 3.60. The fraction of sp³-hybridized carbons (Fsp3) is 0.632. The van der Waals surface area contributed by atoms with Crippen LogP contribution in [0.5, 0.6) is 0 Å². The van der Waals surface area contributed by atoms with Gasteiger partial charge < -0.3 is 10.2 Å². The normalized spacial score (nSPS) is 20.9. The molecule has 1 aromatic carbocycles. The van der Waals surface area contributed by atoms with E-state index in [9.17, 15) is 4.79 Å². The smallest absolute Gasteiger partial charge is 0.236 e. The molecule has 1 unspecified atom stereocenters. The third-order valence-corrected chi connectivity index (χ3v) is 6.87. The maximum absolute atomic E-state index is 13.0. The summed E-state index contributed by atoms with van der Waals surface area (Å²) in [6.45, 7) is 8.46. The van der Waals surface area contributed by atoms with E-state index in [1.54, 1.807) is 11.8 Å². The molecule has 0 bridgehead atoms. The maximum Gasteiger partial charge on any atom is 0.236 e. The minimum atomic E-state index is 0. The van der Waals surface area contributed by atoms with E-state index in [1.165, 1.54) is 11.3 Å². The molecule has 2 aliphatic heterocycles. The third-order valence-electron chi connectivity index (χ3n) is 5.32. The van der Waals surface area contributed by atoms with Crippen molar-refractivity contribution in [1.82, 2.24) is 10.2 Å². The Hall–Kier alpha value is -0.710. The Labute approximate surface area is 156 Å². The summed E-state index contributed by atoms with van der Waals surface area (Å²) in [5.74, 6) is 0.673. The first kappa shape index (κ1) is 19.6. The summed E-state index contributed by atoms with van der Waals surface area (Å²) in [5.41, 5.74) is 0.469. The molecule has 3 nitrogen and oxygen atoms in total. The van der Waals surface area contributed by atoms with Gasteiger partial charge in [0.05, 0.1) is 5.25 Å². The Bertz CT molecular complexity index is 521. The molecule has 1 aromatic rings.